The smallest absolute Gasteiger partial charge is 0.244 e. The number of hydrogen-bond donors (Lipinski definition) is 1. The van der Waals surface area contributed by atoms with Crippen molar-refractivity contribution in [2.24, 2.45) is 5.92 Å². The summed E-state index contributed by atoms with van der Waals surface area (Å²) in [5.41, 5.74) is 0.168. The first kappa shape index (κ1) is 24.2. The molecule has 1 N–H and O–H groups in total. The van der Waals surface area contributed by atoms with Gasteiger partial charge in [0.1, 0.15) is 10.6 Å². The van der Waals surface area contributed by atoms with E-state index in [9.17, 15) is 21.6 Å². The molecule has 174 valence electrons. The molecule has 1 fully saturated rings. The molecule has 32 heavy (non-hydrogen) atoms. The quantitative estimate of drug-likeness (QED) is 0.647. The maximum Gasteiger partial charge on any atom is 0.244 e. The van der Waals surface area contributed by atoms with Gasteiger partial charge in [0.25, 0.3) is 0 Å². The molecule has 0 bridgehead atoms. The highest BCUT2D eigenvalue weighted by atomic mass is 32.2. The topological polar surface area (TPSA) is 113 Å². The molecule has 1 aliphatic heterocycles. The molecule has 1 unspecified atom stereocenters. The van der Waals surface area contributed by atoms with Crippen LogP contribution in [0.25, 0.3) is 0 Å². The van der Waals surface area contributed by atoms with E-state index < -0.39 is 31.9 Å². The van der Waals surface area contributed by atoms with Crippen LogP contribution in [0.3, 0.4) is 0 Å². The summed E-state index contributed by atoms with van der Waals surface area (Å²) in [5.74, 6) is -0.473. The summed E-state index contributed by atoms with van der Waals surface area (Å²) in [6.45, 7) is 0.326. The van der Waals surface area contributed by atoms with Crippen LogP contribution in [0.5, 0.6) is 5.75 Å². The normalized spacial score (nSPS) is 17.8. The van der Waals surface area contributed by atoms with Gasteiger partial charge < -0.3 is 10.1 Å². The number of hydrogen-bond acceptors (Lipinski definition) is 6. The van der Waals surface area contributed by atoms with Crippen molar-refractivity contribution in [2.45, 2.75) is 22.6 Å². The van der Waals surface area contributed by atoms with Crippen molar-refractivity contribution >= 4 is 31.6 Å². The maximum absolute atomic E-state index is 13.0. The van der Waals surface area contributed by atoms with E-state index >= 15 is 0 Å². The second-order valence-corrected chi connectivity index (χ2v) is 11.7. The zero-order chi connectivity index (χ0) is 23.5. The second-order valence-electron chi connectivity index (χ2n) is 7.65. The van der Waals surface area contributed by atoms with Crippen LogP contribution in [0.4, 0.5) is 5.69 Å². The Labute approximate surface area is 189 Å². The van der Waals surface area contributed by atoms with Gasteiger partial charge >= 0.3 is 0 Å². The Bertz CT molecular complexity index is 1180. The molecule has 2 aromatic carbocycles. The Kier molecular flexibility index (Phi) is 7.23. The third-order valence-corrected chi connectivity index (χ3v) is 9.11. The average molecular weight is 482 g/mol. The molecule has 0 saturated carbocycles. The molecule has 1 aliphatic rings. The average Bonchev–Trinajstić information content (AvgIpc) is 2.79. The van der Waals surface area contributed by atoms with Gasteiger partial charge in [0.15, 0.2) is 0 Å². The molecule has 9 nitrogen and oxygen atoms in total. The van der Waals surface area contributed by atoms with Gasteiger partial charge in [0.2, 0.25) is 26.0 Å². The van der Waals surface area contributed by atoms with Gasteiger partial charge in [-0.2, -0.15) is 4.31 Å². The molecule has 11 heteroatoms. The minimum atomic E-state index is -3.77. The SMILES string of the molecule is COc1ccc(S(=O)(=O)N2CCCC(C(=O)Nc3ccccc3S(=O)(=O)N(C)C)C2)cc1. The number of para-hydroxylation sites is 1. The van der Waals surface area contributed by atoms with Crippen molar-refractivity contribution < 1.29 is 26.4 Å². The molecule has 1 saturated heterocycles. The fourth-order valence-electron chi connectivity index (χ4n) is 3.50. The Balaban J connectivity index is 1.78. The van der Waals surface area contributed by atoms with Crippen molar-refractivity contribution in [1.82, 2.24) is 8.61 Å². The highest BCUT2D eigenvalue weighted by Crippen LogP contribution is 2.28. The third-order valence-electron chi connectivity index (χ3n) is 5.36. The van der Waals surface area contributed by atoms with Gasteiger partial charge in [-0.15, -0.1) is 0 Å². The van der Waals surface area contributed by atoms with E-state index in [1.807, 2.05) is 0 Å². The van der Waals surface area contributed by atoms with Crippen LogP contribution in [0.2, 0.25) is 0 Å². The molecular weight excluding hydrogens is 454 g/mol. The first-order valence-electron chi connectivity index (χ1n) is 10.0. The molecule has 0 radical (unpaired) electrons. The standard InChI is InChI=1S/C21H27N3O6S2/c1-23(2)32(28,29)20-9-5-4-8-19(20)22-21(25)16-7-6-14-24(15-16)31(26,27)18-12-10-17(30-3)11-13-18/h4-5,8-13,16H,6-7,14-15H2,1-3H3,(H,22,25). The lowest BCUT2D eigenvalue weighted by Crippen LogP contribution is -2.43. The van der Waals surface area contributed by atoms with Crippen LogP contribution in [0.15, 0.2) is 58.3 Å². The number of ether oxygens (including phenoxy) is 1. The lowest BCUT2D eigenvalue weighted by molar-refractivity contribution is -0.120. The van der Waals surface area contributed by atoms with E-state index in [1.54, 1.807) is 24.3 Å². The highest BCUT2D eigenvalue weighted by Gasteiger charge is 2.34. The first-order chi connectivity index (χ1) is 15.1. The van der Waals surface area contributed by atoms with Gasteiger partial charge in [0.05, 0.1) is 23.6 Å². The van der Waals surface area contributed by atoms with E-state index in [0.29, 0.717) is 25.1 Å². The lowest BCUT2D eigenvalue weighted by atomic mass is 9.99. The van der Waals surface area contributed by atoms with Gasteiger partial charge in [0, 0.05) is 27.2 Å². The first-order valence-corrected chi connectivity index (χ1v) is 12.9. The Morgan fingerprint density at radius 2 is 1.72 bits per heavy atom. The molecule has 3 rings (SSSR count). The predicted octanol–water partition coefficient (Wildman–Crippen LogP) is 1.98. The molecule has 1 heterocycles. The largest absolute Gasteiger partial charge is 0.497 e. The van der Waals surface area contributed by atoms with E-state index in [4.69, 9.17) is 4.74 Å². The Hall–Kier alpha value is -2.47. The third kappa shape index (κ3) is 4.96. The van der Waals surface area contributed by atoms with Crippen molar-refractivity contribution in [1.29, 1.82) is 0 Å². The summed E-state index contributed by atoms with van der Waals surface area (Å²) in [6.07, 6.45) is 1.02. The van der Waals surface area contributed by atoms with Crippen molar-refractivity contribution in [3.8, 4) is 5.75 Å². The lowest BCUT2D eigenvalue weighted by Gasteiger charge is -2.31. The summed E-state index contributed by atoms with van der Waals surface area (Å²) in [4.78, 5) is 13.1. The molecule has 2 aromatic rings. The molecule has 0 aliphatic carbocycles. The number of piperidine rings is 1. The zero-order valence-electron chi connectivity index (χ0n) is 18.2. The number of carbonyl (C=O) groups is 1. The number of methoxy groups -OCH3 is 1. The number of rotatable bonds is 7. The summed E-state index contributed by atoms with van der Waals surface area (Å²) < 4.78 is 58.7. The van der Waals surface area contributed by atoms with Gasteiger partial charge in [-0.05, 0) is 49.2 Å². The van der Waals surface area contributed by atoms with Crippen molar-refractivity contribution in [3.05, 3.63) is 48.5 Å². The second kappa shape index (κ2) is 9.57. The van der Waals surface area contributed by atoms with Crippen LogP contribution in [0.1, 0.15) is 12.8 Å². The van der Waals surface area contributed by atoms with Crippen LogP contribution >= 0.6 is 0 Å². The summed E-state index contributed by atoms with van der Waals surface area (Å²) in [7, 11) is -3.20. The number of anilines is 1. The summed E-state index contributed by atoms with van der Waals surface area (Å²) >= 11 is 0. The van der Waals surface area contributed by atoms with Gasteiger partial charge in [-0.25, -0.2) is 21.1 Å². The fraction of sp³-hybridized carbons (Fsp3) is 0.381. The van der Waals surface area contributed by atoms with Crippen LogP contribution in [-0.2, 0) is 24.8 Å². The van der Waals surface area contributed by atoms with E-state index in [0.717, 1.165) is 4.31 Å². The predicted molar refractivity (Wildman–Crippen MR) is 120 cm³/mol. The minimum Gasteiger partial charge on any atom is -0.497 e. The molecular formula is C21H27N3O6S2. The van der Waals surface area contributed by atoms with E-state index in [2.05, 4.69) is 5.32 Å². The Morgan fingerprint density at radius 1 is 1.06 bits per heavy atom. The van der Waals surface area contributed by atoms with E-state index in [1.165, 1.54) is 49.8 Å². The fourth-order valence-corrected chi connectivity index (χ4v) is 6.06. The molecule has 0 spiro atoms. The van der Waals surface area contributed by atoms with Gasteiger partial charge in [-0.3, -0.25) is 4.79 Å². The summed E-state index contributed by atoms with van der Waals surface area (Å²) in [6, 6.07) is 12.2. The number of amides is 1. The number of benzene rings is 2. The van der Waals surface area contributed by atoms with Crippen LogP contribution < -0.4 is 10.1 Å². The Morgan fingerprint density at radius 3 is 2.34 bits per heavy atom. The van der Waals surface area contributed by atoms with Gasteiger partial charge in [-0.1, -0.05) is 12.1 Å². The molecule has 1 atom stereocenters. The monoisotopic (exact) mass is 481 g/mol. The number of carbonyl (C=O) groups excluding carboxylic acids is 1. The van der Waals surface area contributed by atoms with Crippen LogP contribution in [0, 0.1) is 5.92 Å². The minimum absolute atomic E-state index is 0.0167. The highest BCUT2D eigenvalue weighted by molar-refractivity contribution is 7.89. The number of nitrogens with one attached hydrogen (secondary N) is 1. The van der Waals surface area contributed by atoms with E-state index in [-0.39, 0.29) is 22.0 Å². The molecule has 1 amide bonds. The maximum atomic E-state index is 13.0. The van der Waals surface area contributed by atoms with Crippen molar-refractivity contribution in [2.75, 3.05) is 39.6 Å². The number of sulfonamides is 2. The molecule has 0 aromatic heterocycles. The van der Waals surface area contributed by atoms with Crippen LogP contribution in [-0.4, -0.2) is 65.6 Å². The number of nitrogens with zero attached hydrogens (tertiary/aromatic N) is 2. The summed E-state index contributed by atoms with van der Waals surface area (Å²) in [5, 5.41) is 2.69. The zero-order valence-corrected chi connectivity index (χ0v) is 19.8. The van der Waals surface area contributed by atoms with Crippen molar-refractivity contribution in [3.63, 3.8) is 0 Å².